The average Bonchev–Trinajstić information content (AvgIpc) is 2.31. The topological polar surface area (TPSA) is 79.3 Å². The lowest BCUT2D eigenvalue weighted by Gasteiger charge is -2.49. The molecular formula is C11H14BrClN2O3S. The summed E-state index contributed by atoms with van der Waals surface area (Å²) in [5.74, 6) is 0. The number of nitrogens with one attached hydrogen (secondary N) is 1. The minimum absolute atomic E-state index is 0.0688. The van der Waals surface area contributed by atoms with Gasteiger partial charge in [-0.25, -0.2) is 18.1 Å². The Kier molecular flexibility index (Phi) is 3.97. The molecule has 0 aliphatic heterocycles. The Bertz CT molecular complexity index is 606. The molecule has 2 rings (SSSR count). The normalized spacial score (nSPS) is 25.9. The first-order chi connectivity index (χ1) is 8.64. The fourth-order valence-electron chi connectivity index (χ4n) is 1.95. The standard InChI is InChI=1S/C11H14BrClN2O3S/c1-11(2)8(4-9(11)16)15-19(17,18)7-3-6(12)5-14-10(7)13/h3,5,8-9,15-16H,4H2,1-2H3. The number of sulfonamides is 1. The molecule has 1 aromatic heterocycles. The molecule has 0 bridgehead atoms. The van der Waals surface area contributed by atoms with Gasteiger partial charge in [-0.2, -0.15) is 0 Å². The van der Waals surface area contributed by atoms with Crippen LogP contribution in [-0.4, -0.2) is 30.7 Å². The van der Waals surface area contributed by atoms with Gasteiger partial charge < -0.3 is 5.11 Å². The second-order valence-electron chi connectivity index (χ2n) is 5.19. The van der Waals surface area contributed by atoms with Crippen LogP contribution in [0.5, 0.6) is 0 Å². The second-order valence-corrected chi connectivity index (χ2v) is 8.15. The van der Waals surface area contributed by atoms with Gasteiger partial charge in [0.25, 0.3) is 0 Å². The lowest BCUT2D eigenvalue weighted by Crippen LogP contribution is -2.61. The summed E-state index contributed by atoms with van der Waals surface area (Å²) >= 11 is 8.99. The Morgan fingerprint density at radius 2 is 2.21 bits per heavy atom. The molecule has 2 atom stereocenters. The van der Waals surface area contributed by atoms with Crippen molar-refractivity contribution in [1.82, 2.24) is 9.71 Å². The van der Waals surface area contributed by atoms with E-state index in [1.165, 1.54) is 12.3 Å². The summed E-state index contributed by atoms with van der Waals surface area (Å²) in [7, 11) is -3.75. The number of rotatable bonds is 3. The Labute approximate surface area is 125 Å². The van der Waals surface area contributed by atoms with Crippen molar-refractivity contribution in [2.75, 3.05) is 0 Å². The van der Waals surface area contributed by atoms with Crippen LogP contribution in [-0.2, 0) is 10.0 Å². The van der Waals surface area contributed by atoms with Crippen molar-refractivity contribution in [2.24, 2.45) is 5.41 Å². The van der Waals surface area contributed by atoms with Gasteiger partial charge in [0.15, 0.2) is 0 Å². The zero-order valence-corrected chi connectivity index (χ0v) is 13.6. The number of aliphatic hydroxyl groups is 1. The van der Waals surface area contributed by atoms with Crippen molar-refractivity contribution in [2.45, 2.75) is 37.3 Å². The van der Waals surface area contributed by atoms with E-state index in [1.807, 2.05) is 13.8 Å². The van der Waals surface area contributed by atoms with E-state index in [1.54, 1.807) is 0 Å². The van der Waals surface area contributed by atoms with E-state index in [2.05, 4.69) is 25.6 Å². The largest absolute Gasteiger partial charge is 0.392 e. The first-order valence-corrected chi connectivity index (χ1v) is 8.31. The zero-order valence-electron chi connectivity index (χ0n) is 10.4. The molecule has 1 aliphatic carbocycles. The molecule has 106 valence electrons. The van der Waals surface area contributed by atoms with Gasteiger partial charge in [-0.3, -0.25) is 0 Å². The summed E-state index contributed by atoms with van der Waals surface area (Å²) < 4.78 is 27.6. The highest BCUT2D eigenvalue weighted by Gasteiger charge is 2.49. The Hall–Kier alpha value is -0.210. The molecule has 0 aromatic carbocycles. The molecule has 1 heterocycles. The fourth-order valence-corrected chi connectivity index (χ4v) is 4.29. The van der Waals surface area contributed by atoms with E-state index in [9.17, 15) is 13.5 Å². The number of pyridine rings is 1. The smallest absolute Gasteiger partial charge is 0.243 e. The van der Waals surface area contributed by atoms with Gasteiger partial charge >= 0.3 is 0 Å². The van der Waals surface area contributed by atoms with Crippen LogP contribution in [0.4, 0.5) is 0 Å². The van der Waals surface area contributed by atoms with Crippen molar-refractivity contribution in [3.63, 3.8) is 0 Å². The maximum atomic E-state index is 12.3. The zero-order chi connectivity index (χ0) is 14.4. The highest BCUT2D eigenvalue weighted by Crippen LogP contribution is 2.41. The summed E-state index contributed by atoms with van der Waals surface area (Å²) in [5.41, 5.74) is -0.487. The molecule has 2 unspecified atom stereocenters. The number of nitrogens with zero attached hydrogens (tertiary/aromatic N) is 1. The molecule has 0 radical (unpaired) electrons. The van der Waals surface area contributed by atoms with Gasteiger partial charge in [-0.15, -0.1) is 0 Å². The van der Waals surface area contributed by atoms with Gasteiger partial charge in [-0.05, 0) is 28.4 Å². The second kappa shape index (κ2) is 4.96. The molecule has 2 N–H and O–H groups in total. The molecule has 5 nitrogen and oxygen atoms in total. The van der Waals surface area contributed by atoms with E-state index in [4.69, 9.17) is 11.6 Å². The molecule has 0 spiro atoms. The van der Waals surface area contributed by atoms with E-state index in [0.29, 0.717) is 10.9 Å². The minimum Gasteiger partial charge on any atom is -0.392 e. The van der Waals surface area contributed by atoms with Gasteiger partial charge in [0, 0.05) is 22.1 Å². The Morgan fingerprint density at radius 3 is 2.74 bits per heavy atom. The lowest BCUT2D eigenvalue weighted by atomic mass is 9.65. The van der Waals surface area contributed by atoms with Crippen LogP contribution >= 0.6 is 27.5 Å². The first-order valence-electron chi connectivity index (χ1n) is 5.66. The van der Waals surface area contributed by atoms with Crippen molar-refractivity contribution >= 4 is 37.6 Å². The SMILES string of the molecule is CC1(C)C(O)CC1NS(=O)(=O)c1cc(Br)cnc1Cl. The highest BCUT2D eigenvalue weighted by atomic mass is 79.9. The van der Waals surface area contributed by atoms with Gasteiger partial charge in [0.2, 0.25) is 10.0 Å². The molecule has 1 fully saturated rings. The Balaban J connectivity index is 2.27. The molecule has 1 aromatic rings. The maximum absolute atomic E-state index is 12.3. The molecule has 8 heteroatoms. The summed E-state index contributed by atoms with van der Waals surface area (Å²) in [4.78, 5) is 3.73. The molecule has 1 saturated carbocycles. The van der Waals surface area contributed by atoms with E-state index in [0.717, 1.165) is 0 Å². The third-order valence-corrected chi connectivity index (χ3v) is 5.91. The van der Waals surface area contributed by atoms with Gasteiger partial charge in [0.1, 0.15) is 10.0 Å². The Morgan fingerprint density at radius 1 is 1.58 bits per heavy atom. The number of hydrogen-bond acceptors (Lipinski definition) is 4. The van der Waals surface area contributed by atoms with Crippen LogP contribution in [0.25, 0.3) is 0 Å². The van der Waals surface area contributed by atoms with Crippen LogP contribution in [0.1, 0.15) is 20.3 Å². The van der Waals surface area contributed by atoms with Crippen molar-refractivity contribution in [1.29, 1.82) is 0 Å². The molecular weight excluding hydrogens is 356 g/mol. The highest BCUT2D eigenvalue weighted by molar-refractivity contribution is 9.10. The monoisotopic (exact) mass is 368 g/mol. The van der Waals surface area contributed by atoms with Crippen LogP contribution in [0.15, 0.2) is 21.6 Å². The molecule has 0 saturated heterocycles. The van der Waals surface area contributed by atoms with E-state index in [-0.39, 0.29) is 16.1 Å². The minimum atomic E-state index is -3.75. The molecule has 1 aliphatic rings. The average molecular weight is 370 g/mol. The van der Waals surface area contributed by atoms with Crippen molar-refractivity contribution < 1.29 is 13.5 Å². The van der Waals surface area contributed by atoms with Gasteiger partial charge in [0.05, 0.1) is 6.10 Å². The fraction of sp³-hybridized carbons (Fsp3) is 0.545. The summed E-state index contributed by atoms with van der Waals surface area (Å²) in [5, 5.41) is 9.56. The van der Waals surface area contributed by atoms with Crippen LogP contribution in [0.2, 0.25) is 5.15 Å². The third kappa shape index (κ3) is 2.80. The first kappa shape index (κ1) is 15.2. The molecule has 19 heavy (non-hydrogen) atoms. The van der Waals surface area contributed by atoms with Gasteiger partial charge in [-0.1, -0.05) is 25.4 Å². The number of aromatic nitrogens is 1. The van der Waals surface area contributed by atoms with Crippen LogP contribution < -0.4 is 4.72 Å². The third-order valence-electron chi connectivity index (χ3n) is 3.58. The predicted molar refractivity (Wildman–Crippen MR) is 75.5 cm³/mol. The van der Waals surface area contributed by atoms with E-state index >= 15 is 0 Å². The maximum Gasteiger partial charge on any atom is 0.243 e. The quantitative estimate of drug-likeness (QED) is 0.798. The van der Waals surface area contributed by atoms with Crippen LogP contribution in [0.3, 0.4) is 0 Å². The van der Waals surface area contributed by atoms with E-state index < -0.39 is 21.5 Å². The summed E-state index contributed by atoms with van der Waals surface area (Å²) in [6.45, 7) is 3.63. The predicted octanol–water partition coefficient (Wildman–Crippen LogP) is 1.94. The van der Waals surface area contributed by atoms with Crippen LogP contribution in [0, 0.1) is 5.41 Å². The summed E-state index contributed by atoms with van der Waals surface area (Å²) in [6.07, 6.45) is 1.32. The van der Waals surface area contributed by atoms with Crippen molar-refractivity contribution in [3.05, 3.63) is 21.9 Å². The number of aliphatic hydroxyl groups excluding tert-OH is 1. The lowest BCUT2D eigenvalue weighted by molar-refractivity contribution is -0.0645. The number of halogens is 2. The van der Waals surface area contributed by atoms with Crippen molar-refractivity contribution in [3.8, 4) is 0 Å². The summed E-state index contributed by atoms with van der Waals surface area (Å²) in [6, 6.07) is 1.09. The number of hydrogen-bond donors (Lipinski definition) is 2. The molecule has 0 amide bonds.